The number of ether oxygens (including phenoxy) is 1. The van der Waals surface area contributed by atoms with Crippen LogP contribution in [0.5, 0.6) is 0 Å². The highest BCUT2D eigenvalue weighted by molar-refractivity contribution is 8.00. The van der Waals surface area contributed by atoms with Crippen LogP contribution in [-0.2, 0) is 25.5 Å². The molecule has 2 aliphatic heterocycles. The maximum Gasteiger partial charge on any atom is 0.245 e. The number of aryl methyl sites for hydroxylation is 1. The molecule has 162 valence electrons. The van der Waals surface area contributed by atoms with Crippen LogP contribution < -0.4 is 5.48 Å². The SMILES string of the molecule is CCc1ccc(-c2ccc([C@@]3(CC(=O)NOC4CCCCO4)CCCCS3)s2)cc1. The first-order valence-corrected chi connectivity index (χ1v) is 12.9. The van der Waals surface area contributed by atoms with Crippen molar-refractivity contribution < 1.29 is 14.4 Å². The fourth-order valence-electron chi connectivity index (χ4n) is 4.15. The largest absolute Gasteiger partial charge is 0.350 e. The minimum atomic E-state index is -0.308. The highest BCUT2D eigenvalue weighted by Gasteiger charge is 2.38. The van der Waals surface area contributed by atoms with Crippen molar-refractivity contribution in [2.45, 2.75) is 69.3 Å². The molecule has 2 aromatic rings. The number of hydroxylamine groups is 1. The molecule has 1 aromatic carbocycles. The number of hydrogen-bond donors (Lipinski definition) is 1. The van der Waals surface area contributed by atoms with E-state index in [2.05, 4.69) is 48.8 Å². The maximum absolute atomic E-state index is 12.8. The third-order valence-electron chi connectivity index (χ3n) is 5.94. The average Bonchev–Trinajstić information content (AvgIpc) is 3.30. The lowest BCUT2D eigenvalue weighted by atomic mass is 9.94. The zero-order valence-corrected chi connectivity index (χ0v) is 19.3. The molecule has 4 rings (SSSR count). The van der Waals surface area contributed by atoms with Gasteiger partial charge in [0.15, 0.2) is 6.29 Å². The highest BCUT2D eigenvalue weighted by atomic mass is 32.2. The molecule has 2 fully saturated rings. The monoisotopic (exact) mass is 445 g/mol. The van der Waals surface area contributed by atoms with E-state index in [0.717, 1.165) is 44.3 Å². The number of nitrogens with one attached hydrogen (secondary N) is 1. The summed E-state index contributed by atoms with van der Waals surface area (Å²) in [6.07, 6.45) is 7.58. The predicted octanol–water partition coefficient (Wildman–Crippen LogP) is 6.05. The van der Waals surface area contributed by atoms with Crippen LogP contribution in [0.15, 0.2) is 36.4 Å². The van der Waals surface area contributed by atoms with Crippen LogP contribution in [0.3, 0.4) is 0 Å². The molecule has 1 aromatic heterocycles. The van der Waals surface area contributed by atoms with Crippen LogP contribution in [0.2, 0.25) is 0 Å². The van der Waals surface area contributed by atoms with E-state index in [1.165, 1.54) is 27.3 Å². The minimum Gasteiger partial charge on any atom is -0.350 e. The Hall–Kier alpha value is -1.34. The number of hydrogen-bond acceptors (Lipinski definition) is 5. The van der Waals surface area contributed by atoms with Gasteiger partial charge >= 0.3 is 0 Å². The quantitative estimate of drug-likeness (QED) is 0.527. The number of carbonyl (C=O) groups is 1. The molecule has 0 saturated carbocycles. The summed E-state index contributed by atoms with van der Waals surface area (Å²) in [7, 11) is 0. The van der Waals surface area contributed by atoms with Gasteiger partial charge < -0.3 is 4.74 Å². The molecule has 1 N–H and O–H groups in total. The summed E-state index contributed by atoms with van der Waals surface area (Å²) in [5.41, 5.74) is 5.28. The van der Waals surface area contributed by atoms with E-state index in [1.54, 1.807) is 0 Å². The van der Waals surface area contributed by atoms with Crippen molar-refractivity contribution in [3.8, 4) is 10.4 Å². The highest BCUT2D eigenvalue weighted by Crippen LogP contribution is 2.50. The number of benzene rings is 1. The van der Waals surface area contributed by atoms with Crippen LogP contribution in [0.4, 0.5) is 0 Å². The molecular formula is C24H31NO3S2. The third kappa shape index (κ3) is 5.28. The normalized spacial score (nSPS) is 24.5. The Balaban J connectivity index is 1.46. The van der Waals surface area contributed by atoms with Crippen molar-refractivity contribution in [3.63, 3.8) is 0 Å². The van der Waals surface area contributed by atoms with Gasteiger partial charge in [-0.2, -0.15) is 0 Å². The summed E-state index contributed by atoms with van der Waals surface area (Å²) >= 11 is 3.76. The fraction of sp³-hybridized carbons (Fsp3) is 0.542. The van der Waals surface area contributed by atoms with Crippen LogP contribution in [0, 0.1) is 0 Å². The van der Waals surface area contributed by atoms with Gasteiger partial charge in [-0.05, 0) is 61.1 Å². The van der Waals surface area contributed by atoms with Gasteiger partial charge in [-0.15, -0.1) is 23.1 Å². The summed E-state index contributed by atoms with van der Waals surface area (Å²) in [4.78, 5) is 20.9. The zero-order valence-electron chi connectivity index (χ0n) is 17.7. The van der Waals surface area contributed by atoms with Gasteiger partial charge in [-0.1, -0.05) is 37.6 Å². The standard InChI is InChI=1S/C24H31NO3S2/c1-2-18-8-10-19(11-9-18)20-12-13-21(30-20)24(14-4-6-16-29-24)17-22(26)25-28-23-7-3-5-15-27-23/h8-13,23H,2-7,14-17H2,1H3,(H,25,26)/t23?,24-/m0/s1. The van der Waals surface area contributed by atoms with Crippen LogP contribution in [-0.4, -0.2) is 24.6 Å². The second kappa shape index (κ2) is 10.3. The molecule has 4 nitrogen and oxygen atoms in total. The molecule has 0 spiro atoms. The fourth-order valence-corrected chi connectivity index (χ4v) is 7.04. The topological polar surface area (TPSA) is 47.6 Å². The van der Waals surface area contributed by atoms with Gasteiger partial charge in [0.05, 0.1) is 4.75 Å². The number of thiophene rings is 1. The molecule has 0 radical (unpaired) electrons. The van der Waals surface area contributed by atoms with E-state index >= 15 is 0 Å². The molecule has 2 atom stereocenters. The van der Waals surface area contributed by atoms with Crippen molar-refractivity contribution in [2.75, 3.05) is 12.4 Å². The Labute approximate surface area is 187 Å². The maximum atomic E-state index is 12.8. The van der Waals surface area contributed by atoms with Gasteiger partial charge in [0.1, 0.15) is 0 Å². The van der Waals surface area contributed by atoms with E-state index < -0.39 is 0 Å². The molecule has 0 bridgehead atoms. The molecule has 1 amide bonds. The van der Waals surface area contributed by atoms with Crippen molar-refractivity contribution in [1.29, 1.82) is 0 Å². The number of amides is 1. The van der Waals surface area contributed by atoms with Crippen molar-refractivity contribution in [1.82, 2.24) is 5.48 Å². The lowest BCUT2D eigenvalue weighted by molar-refractivity contribution is -0.200. The van der Waals surface area contributed by atoms with E-state index in [4.69, 9.17) is 9.57 Å². The van der Waals surface area contributed by atoms with Crippen LogP contribution in [0.1, 0.15) is 62.3 Å². The van der Waals surface area contributed by atoms with Gasteiger partial charge in [0.2, 0.25) is 5.91 Å². The lowest BCUT2D eigenvalue weighted by Gasteiger charge is -2.35. The molecule has 30 heavy (non-hydrogen) atoms. The first-order chi connectivity index (χ1) is 14.7. The Kier molecular flexibility index (Phi) is 7.52. The smallest absolute Gasteiger partial charge is 0.245 e. The Morgan fingerprint density at radius 3 is 2.73 bits per heavy atom. The Morgan fingerprint density at radius 1 is 1.17 bits per heavy atom. The van der Waals surface area contributed by atoms with Crippen molar-refractivity contribution in [3.05, 3.63) is 46.8 Å². The predicted molar refractivity (Wildman–Crippen MR) is 125 cm³/mol. The van der Waals surface area contributed by atoms with Gasteiger partial charge in [-0.3, -0.25) is 4.79 Å². The minimum absolute atomic E-state index is 0.0548. The summed E-state index contributed by atoms with van der Waals surface area (Å²) < 4.78 is 5.40. The first kappa shape index (κ1) is 21.9. The average molecular weight is 446 g/mol. The van der Waals surface area contributed by atoms with Crippen molar-refractivity contribution in [2.24, 2.45) is 0 Å². The summed E-state index contributed by atoms with van der Waals surface area (Å²) in [6.45, 7) is 2.88. The van der Waals surface area contributed by atoms with Crippen molar-refractivity contribution >= 4 is 29.0 Å². The van der Waals surface area contributed by atoms with Gasteiger partial charge in [-0.25, -0.2) is 10.3 Å². The first-order valence-electron chi connectivity index (χ1n) is 11.1. The summed E-state index contributed by atoms with van der Waals surface area (Å²) in [6, 6.07) is 13.3. The lowest BCUT2D eigenvalue weighted by Crippen LogP contribution is -2.37. The molecule has 2 saturated heterocycles. The molecule has 3 heterocycles. The number of carbonyl (C=O) groups excluding carboxylic acids is 1. The van der Waals surface area contributed by atoms with Gasteiger partial charge in [0, 0.05) is 29.2 Å². The number of thioether (sulfide) groups is 1. The Bertz CT molecular complexity index is 821. The second-order valence-electron chi connectivity index (χ2n) is 8.13. The van der Waals surface area contributed by atoms with E-state index in [9.17, 15) is 4.79 Å². The van der Waals surface area contributed by atoms with E-state index in [-0.39, 0.29) is 16.9 Å². The number of rotatable bonds is 7. The van der Waals surface area contributed by atoms with E-state index in [0.29, 0.717) is 13.0 Å². The Morgan fingerprint density at radius 2 is 2.03 bits per heavy atom. The molecule has 0 aliphatic carbocycles. The van der Waals surface area contributed by atoms with Crippen LogP contribution >= 0.6 is 23.1 Å². The zero-order chi connectivity index (χ0) is 20.8. The summed E-state index contributed by atoms with van der Waals surface area (Å²) in [5.74, 6) is 1.04. The molecule has 1 unspecified atom stereocenters. The molecule has 2 aliphatic rings. The third-order valence-corrected chi connectivity index (χ3v) is 9.02. The van der Waals surface area contributed by atoms with E-state index in [1.807, 2.05) is 23.1 Å². The molecule has 6 heteroatoms. The molecular weight excluding hydrogens is 414 g/mol. The second-order valence-corrected chi connectivity index (χ2v) is 10.7. The summed E-state index contributed by atoms with van der Waals surface area (Å²) in [5, 5.41) is 0. The van der Waals surface area contributed by atoms with Crippen LogP contribution in [0.25, 0.3) is 10.4 Å². The van der Waals surface area contributed by atoms with Gasteiger partial charge in [0.25, 0.3) is 0 Å².